The number of phenols is 1. The third-order valence-electron chi connectivity index (χ3n) is 2.74. The number of phenolic OH excluding ortho intramolecular Hbond substituents is 1. The van der Waals surface area contributed by atoms with E-state index < -0.39 is 30.9 Å². The Kier molecular flexibility index (Phi) is 7.54. The summed E-state index contributed by atoms with van der Waals surface area (Å²) < 4.78 is 20.0. The van der Waals surface area contributed by atoms with Crippen molar-refractivity contribution in [2.45, 2.75) is 20.8 Å². The van der Waals surface area contributed by atoms with Gasteiger partial charge in [-0.15, -0.1) is 0 Å². The molecule has 1 N–H and O–H groups in total. The molecule has 0 unspecified atom stereocenters. The quantitative estimate of drug-likeness (QED) is 0.532. The fourth-order valence-corrected chi connectivity index (χ4v) is 1.74. The lowest BCUT2D eigenvalue weighted by Crippen LogP contribution is -2.17. The summed E-state index contributed by atoms with van der Waals surface area (Å²) in [5.74, 6) is -1.92. The molecule has 0 aliphatic rings. The number of rotatable bonds is 9. The van der Waals surface area contributed by atoms with Crippen molar-refractivity contribution in [1.82, 2.24) is 0 Å². The number of hydrogen-bond acceptors (Lipinski definition) is 8. The third-order valence-corrected chi connectivity index (χ3v) is 2.74. The highest BCUT2D eigenvalue weighted by molar-refractivity contribution is 5.97. The minimum absolute atomic E-state index is 0.00246. The van der Waals surface area contributed by atoms with Crippen LogP contribution in [0.3, 0.4) is 0 Å². The number of ether oxygens (including phenoxy) is 4. The lowest BCUT2D eigenvalue weighted by Gasteiger charge is -2.14. The second-order valence-corrected chi connectivity index (χ2v) is 4.56. The molecule has 0 heterocycles. The zero-order valence-corrected chi connectivity index (χ0v) is 13.8. The van der Waals surface area contributed by atoms with E-state index in [-0.39, 0.29) is 36.0 Å². The lowest BCUT2D eigenvalue weighted by atomic mass is 10.1. The number of benzene rings is 1. The van der Waals surface area contributed by atoms with Crippen molar-refractivity contribution in [3.05, 3.63) is 17.7 Å². The number of carbonyl (C=O) groups excluding carboxylic acids is 3. The Labute approximate surface area is 139 Å². The van der Waals surface area contributed by atoms with Crippen LogP contribution in [0.2, 0.25) is 0 Å². The van der Waals surface area contributed by atoms with E-state index in [9.17, 15) is 19.5 Å². The molecule has 0 fully saturated rings. The van der Waals surface area contributed by atoms with Gasteiger partial charge in [-0.1, -0.05) is 0 Å². The summed E-state index contributed by atoms with van der Waals surface area (Å²) in [4.78, 5) is 34.2. The Balaban J connectivity index is 2.97. The summed E-state index contributed by atoms with van der Waals surface area (Å²) in [7, 11) is 0. The van der Waals surface area contributed by atoms with Gasteiger partial charge in [-0.2, -0.15) is 0 Å². The van der Waals surface area contributed by atoms with E-state index in [2.05, 4.69) is 0 Å². The molecule has 0 saturated carbocycles. The molecule has 0 aromatic heterocycles. The van der Waals surface area contributed by atoms with Crippen molar-refractivity contribution in [2.75, 3.05) is 26.4 Å². The molecule has 8 heteroatoms. The van der Waals surface area contributed by atoms with Crippen LogP contribution in [0.25, 0.3) is 0 Å². The highest BCUT2D eigenvalue weighted by Gasteiger charge is 2.17. The second-order valence-electron chi connectivity index (χ2n) is 4.56. The van der Waals surface area contributed by atoms with Gasteiger partial charge in [-0.3, -0.25) is 4.79 Å². The summed E-state index contributed by atoms with van der Waals surface area (Å²) in [5, 5.41) is 9.85. The molecule has 0 bridgehead atoms. The molecule has 0 radical (unpaired) electrons. The van der Waals surface area contributed by atoms with Crippen LogP contribution in [0.15, 0.2) is 12.1 Å². The topological polar surface area (TPSA) is 108 Å². The fourth-order valence-electron chi connectivity index (χ4n) is 1.74. The minimum atomic E-state index is -0.607. The minimum Gasteiger partial charge on any atom is -0.507 e. The predicted molar refractivity (Wildman–Crippen MR) is 82.4 cm³/mol. The first kappa shape index (κ1) is 19.3. The van der Waals surface area contributed by atoms with E-state index in [1.165, 1.54) is 13.0 Å². The Bertz CT molecular complexity index is 608. The Morgan fingerprint density at radius 1 is 0.917 bits per heavy atom. The maximum atomic E-state index is 11.5. The van der Waals surface area contributed by atoms with Crippen LogP contribution in [-0.4, -0.2) is 49.3 Å². The molecule has 0 atom stereocenters. The van der Waals surface area contributed by atoms with Gasteiger partial charge in [0, 0.05) is 6.07 Å². The van der Waals surface area contributed by atoms with E-state index in [4.69, 9.17) is 18.9 Å². The number of Topliss-reactive ketones (excluding diaryl/α,β-unsaturated/α-hetero) is 1. The van der Waals surface area contributed by atoms with Gasteiger partial charge in [-0.05, 0) is 26.8 Å². The second kappa shape index (κ2) is 9.39. The molecule has 8 nitrogen and oxygen atoms in total. The van der Waals surface area contributed by atoms with Crippen molar-refractivity contribution < 1.29 is 38.4 Å². The molecule has 1 aromatic carbocycles. The molecule has 0 amide bonds. The zero-order valence-electron chi connectivity index (χ0n) is 13.8. The number of hydrogen-bond donors (Lipinski definition) is 1. The fraction of sp³-hybridized carbons (Fsp3) is 0.438. The lowest BCUT2D eigenvalue weighted by molar-refractivity contribution is -0.146. The SMILES string of the molecule is CCOC(=O)COc1cc(O)c(C(C)=O)cc1OCC(=O)OCC. The zero-order chi connectivity index (χ0) is 18.1. The van der Waals surface area contributed by atoms with Crippen molar-refractivity contribution in [1.29, 1.82) is 0 Å². The summed E-state index contributed by atoms with van der Waals surface area (Å²) in [6, 6.07) is 2.37. The maximum absolute atomic E-state index is 11.5. The molecule has 132 valence electrons. The van der Waals surface area contributed by atoms with Gasteiger partial charge >= 0.3 is 11.9 Å². The Morgan fingerprint density at radius 3 is 1.79 bits per heavy atom. The van der Waals surface area contributed by atoms with Gasteiger partial charge in [0.15, 0.2) is 30.5 Å². The number of ketones is 1. The molecule has 0 spiro atoms. The molecule has 1 aromatic rings. The average Bonchev–Trinajstić information content (AvgIpc) is 2.52. The largest absolute Gasteiger partial charge is 0.507 e. The first-order chi connectivity index (χ1) is 11.4. The van der Waals surface area contributed by atoms with E-state index in [0.717, 1.165) is 6.07 Å². The average molecular weight is 340 g/mol. The molecular formula is C16H20O8. The van der Waals surface area contributed by atoms with Crippen molar-refractivity contribution in [3.63, 3.8) is 0 Å². The third kappa shape index (κ3) is 5.79. The normalized spacial score (nSPS) is 9.96. The van der Waals surface area contributed by atoms with Crippen LogP contribution in [-0.2, 0) is 19.1 Å². The Hall–Kier alpha value is -2.77. The van der Waals surface area contributed by atoms with Gasteiger partial charge in [0.25, 0.3) is 0 Å². The van der Waals surface area contributed by atoms with E-state index in [1.54, 1.807) is 13.8 Å². The number of aromatic hydroxyl groups is 1. The molecule has 0 aliphatic carbocycles. The first-order valence-corrected chi connectivity index (χ1v) is 7.33. The standard InChI is InChI=1S/C16H20O8/c1-4-21-15(19)8-23-13-6-11(10(3)17)12(18)7-14(13)24-9-16(20)22-5-2/h6-7,18H,4-5,8-9H2,1-3H3. The highest BCUT2D eigenvalue weighted by atomic mass is 16.6. The van der Waals surface area contributed by atoms with Gasteiger partial charge in [0.2, 0.25) is 0 Å². The predicted octanol–water partition coefficient (Wildman–Crippen LogP) is 1.48. The Morgan fingerprint density at radius 2 is 1.38 bits per heavy atom. The van der Waals surface area contributed by atoms with Crippen molar-refractivity contribution >= 4 is 17.7 Å². The maximum Gasteiger partial charge on any atom is 0.344 e. The van der Waals surface area contributed by atoms with Crippen LogP contribution in [0, 0.1) is 0 Å². The van der Waals surface area contributed by atoms with E-state index in [1.807, 2.05) is 0 Å². The summed E-state index contributed by atoms with van der Waals surface area (Å²) >= 11 is 0. The van der Waals surface area contributed by atoms with E-state index in [0.29, 0.717) is 0 Å². The van der Waals surface area contributed by atoms with Crippen LogP contribution in [0.1, 0.15) is 31.1 Å². The monoisotopic (exact) mass is 340 g/mol. The van der Waals surface area contributed by atoms with Crippen LogP contribution >= 0.6 is 0 Å². The number of esters is 2. The molecule has 1 rings (SSSR count). The van der Waals surface area contributed by atoms with Crippen LogP contribution in [0.5, 0.6) is 17.2 Å². The van der Waals surface area contributed by atoms with Gasteiger partial charge in [0.1, 0.15) is 5.75 Å². The van der Waals surface area contributed by atoms with Gasteiger partial charge in [0.05, 0.1) is 18.8 Å². The van der Waals surface area contributed by atoms with Gasteiger partial charge in [-0.25, -0.2) is 9.59 Å². The summed E-state index contributed by atoms with van der Waals surface area (Å²) in [5.41, 5.74) is -0.00246. The van der Waals surface area contributed by atoms with Crippen molar-refractivity contribution in [2.24, 2.45) is 0 Å². The van der Waals surface area contributed by atoms with Gasteiger partial charge < -0.3 is 24.1 Å². The summed E-state index contributed by atoms with van der Waals surface area (Å²) in [6.45, 7) is 4.14. The molecule has 0 saturated heterocycles. The smallest absolute Gasteiger partial charge is 0.344 e. The van der Waals surface area contributed by atoms with Crippen LogP contribution in [0.4, 0.5) is 0 Å². The molecule has 0 aliphatic heterocycles. The first-order valence-electron chi connectivity index (χ1n) is 7.33. The van der Waals surface area contributed by atoms with Crippen LogP contribution < -0.4 is 9.47 Å². The molecule has 24 heavy (non-hydrogen) atoms. The van der Waals surface area contributed by atoms with E-state index >= 15 is 0 Å². The number of carbonyl (C=O) groups is 3. The van der Waals surface area contributed by atoms with Crippen molar-refractivity contribution in [3.8, 4) is 17.2 Å². The highest BCUT2D eigenvalue weighted by Crippen LogP contribution is 2.34. The summed E-state index contributed by atoms with van der Waals surface area (Å²) in [6.07, 6.45) is 0. The molecular weight excluding hydrogens is 320 g/mol.